The number of carbonyl (C=O) groups is 3. The number of hydrazine groups is 1. The Morgan fingerprint density at radius 2 is 1.48 bits per heavy atom. The number of benzene rings is 2. The number of aliphatic hydroxyl groups is 1. The first-order chi connectivity index (χ1) is 34.5. The molecule has 3 aliphatic rings. The summed E-state index contributed by atoms with van der Waals surface area (Å²) in [7, 11) is 3.70. The average Bonchev–Trinajstić information content (AvgIpc) is 3.74. The molecule has 2 aromatic carbocycles. The van der Waals surface area contributed by atoms with Crippen LogP contribution in [0.1, 0.15) is 99.5 Å². The van der Waals surface area contributed by atoms with E-state index in [0.29, 0.717) is 74.8 Å². The van der Waals surface area contributed by atoms with E-state index in [1.165, 1.54) is 0 Å². The molecule has 14 nitrogen and oxygen atoms in total. The van der Waals surface area contributed by atoms with Gasteiger partial charge in [-0.05, 0) is 100 Å². The van der Waals surface area contributed by atoms with Crippen LogP contribution in [0, 0.1) is 0 Å². The van der Waals surface area contributed by atoms with Crippen molar-refractivity contribution < 1.29 is 29.0 Å². The van der Waals surface area contributed by atoms with Crippen LogP contribution in [0.2, 0.25) is 0 Å². The molecule has 0 unspecified atom stereocenters. The van der Waals surface area contributed by atoms with Crippen molar-refractivity contribution in [1.82, 2.24) is 29.8 Å². The number of cyclic esters (lactones) is 1. The van der Waals surface area contributed by atoms with Gasteiger partial charge in [0, 0.05) is 80.5 Å². The van der Waals surface area contributed by atoms with E-state index in [1.54, 1.807) is 28.5 Å². The van der Waals surface area contributed by atoms with Crippen LogP contribution in [0.15, 0.2) is 126 Å². The quantitative estimate of drug-likeness (QED) is 0.0345. The topological polar surface area (TPSA) is 159 Å². The Hall–Kier alpha value is -6.71. The number of nitrogens with zero attached hydrogens (tertiary/aromatic N) is 5. The second-order valence-electron chi connectivity index (χ2n) is 18.1. The van der Waals surface area contributed by atoms with Crippen molar-refractivity contribution in [2.75, 3.05) is 45.6 Å². The van der Waals surface area contributed by atoms with Crippen molar-refractivity contribution in [3.05, 3.63) is 160 Å². The summed E-state index contributed by atoms with van der Waals surface area (Å²) in [5.74, 6) is -0.365. The highest BCUT2D eigenvalue weighted by Crippen LogP contribution is 2.40. The maximum Gasteiger partial charge on any atom is 0.415 e. The molecule has 5 heterocycles. The highest BCUT2D eigenvalue weighted by molar-refractivity contribution is 5.91. The molecule has 0 bridgehead atoms. The Bertz CT molecular complexity index is 2760. The number of carbonyl (C=O) groups excluding carboxylic acids is 3. The van der Waals surface area contributed by atoms with Crippen molar-refractivity contribution >= 4 is 34.6 Å². The van der Waals surface area contributed by atoms with E-state index in [4.69, 9.17) is 14.5 Å². The lowest BCUT2D eigenvalue weighted by molar-refractivity contribution is -0.172. The second kappa shape index (κ2) is 25.4. The molecule has 4 aromatic rings. The largest absolute Gasteiger partial charge is 0.458 e. The first-order valence-corrected chi connectivity index (χ1v) is 25.0. The minimum atomic E-state index is -1.91. The molecule has 0 saturated carbocycles. The fourth-order valence-electron chi connectivity index (χ4n) is 8.94. The molecule has 1 atom stereocenters. The van der Waals surface area contributed by atoms with Crippen LogP contribution >= 0.6 is 0 Å². The fraction of sp³-hybridized carbons (Fsp3) is 0.386. The zero-order chi connectivity index (χ0) is 50.2. The van der Waals surface area contributed by atoms with Crippen LogP contribution in [0.5, 0.6) is 5.75 Å². The van der Waals surface area contributed by atoms with Gasteiger partial charge in [0.15, 0.2) is 5.60 Å². The fourth-order valence-corrected chi connectivity index (χ4v) is 8.94. The Kier molecular flexibility index (Phi) is 18.7. The molecular formula is C57H69N7O7. The number of allylic oxidation sites excluding steroid dienone is 12. The standard InChI is InChI=1S/C57H69N7O7/c1-5-7-8-9-10-11-12-13-14-15-16-17-18-19-20-21-22-23-24-25-52(65)59-44-28-26-42(27-29-44)38-62-32-34-63(35-33-62)56(68)71-51-31-30-49-45(46(51)40-61(4)58-3)36-43-39-64-50(53(43)60-49)37-48-47(54(64)66)41-70-55(67)57(48,69)6-2/h7-8,10-11,13-14,16-17,19-20,22-23,26-31,36-37,58,69H,5-6,9,12,15,18,21,24-25,32-35,38-41H2,1-4H3,(H,59,65)/t57-/m0/s1. The average molecular weight is 964 g/mol. The third kappa shape index (κ3) is 13.4. The smallest absolute Gasteiger partial charge is 0.415 e. The van der Waals surface area contributed by atoms with Crippen LogP contribution in [-0.2, 0) is 46.2 Å². The summed E-state index contributed by atoms with van der Waals surface area (Å²) < 4.78 is 13.0. The van der Waals surface area contributed by atoms with Crippen LogP contribution < -0.4 is 21.0 Å². The van der Waals surface area contributed by atoms with Crippen molar-refractivity contribution in [1.29, 1.82) is 0 Å². The molecule has 2 aromatic heterocycles. The maximum atomic E-state index is 13.8. The number of hydrogen-bond donors (Lipinski definition) is 3. The van der Waals surface area contributed by atoms with Gasteiger partial charge in [-0.1, -0.05) is 98.9 Å². The van der Waals surface area contributed by atoms with Crippen LogP contribution in [0.4, 0.5) is 10.5 Å². The number of pyridine rings is 2. The zero-order valence-electron chi connectivity index (χ0n) is 41.7. The van der Waals surface area contributed by atoms with Crippen molar-refractivity contribution in [3.63, 3.8) is 0 Å². The first-order valence-electron chi connectivity index (χ1n) is 25.0. The third-order valence-electron chi connectivity index (χ3n) is 13.1. The van der Waals surface area contributed by atoms with Crippen molar-refractivity contribution in [2.45, 2.75) is 103 Å². The van der Waals surface area contributed by atoms with E-state index in [1.807, 2.05) is 55.5 Å². The minimum absolute atomic E-state index is 0.0176. The molecule has 1 saturated heterocycles. The summed E-state index contributed by atoms with van der Waals surface area (Å²) in [5.41, 5.74) is 6.62. The number of hydrogen-bond acceptors (Lipinski definition) is 11. The molecule has 2 amide bonds. The molecule has 3 aliphatic heterocycles. The molecule has 14 heteroatoms. The van der Waals surface area contributed by atoms with Crippen LogP contribution in [0.3, 0.4) is 0 Å². The number of piperazine rings is 1. The van der Waals surface area contributed by atoms with Gasteiger partial charge in [-0.25, -0.2) is 19.6 Å². The van der Waals surface area contributed by atoms with Gasteiger partial charge < -0.3 is 29.4 Å². The highest BCUT2D eigenvalue weighted by atomic mass is 16.6. The summed E-state index contributed by atoms with van der Waals surface area (Å²) in [6.07, 6.45) is 32.6. The Balaban J connectivity index is 0.848. The SMILES string of the molecule is CCC=CCC=CCC=CCC=CCC=CCC=CCCC(=O)Nc1ccc(CN2CCN(C(=O)Oc3ccc4nc5c(cc4c3CN(C)NC)Cn3c-5cc4c(c3=O)COC(=O)[C@]4(O)CC)CC2)cc1. The van der Waals surface area contributed by atoms with E-state index in [9.17, 15) is 24.3 Å². The Morgan fingerprint density at radius 3 is 2.10 bits per heavy atom. The summed E-state index contributed by atoms with van der Waals surface area (Å²) in [5, 5.41) is 16.9. The number of esters is 1. The number of amides is 2. The van der Waals surface area contributed by atoms with E-state index in [-0.39, 0.29) is 42.2 Å². The molecule has 1 fully saturated rings. The lowest BCUT2D eigenvalue weighted by Crippen LogP contribution is -2.49. The van der Waals surface area contributed by atoms with Crippen LogP contribution in [0.25, 0.3) is 22.3 Å². The van der Waals surface area contributed by atoms with Gasteiger partial charge in [0.05, 0.1) is 29.0 Å². The summed E-state index contributed by atoms with van der Waals surface area (Å²) in [4.78, 5) is 61.8. The predicted molar refractivity (Wildman–Crippen MR) is 280 cm³/mol. The summed E-state index contributed by atoms with van der Waals surface area (Å²) >= 11 is 0. The molecule has 3 N–H and O–H groups in total. The lowest BCUT2D eigenvalue weighted by Gasteiger charge is -2.34. The van der Waals surface area contributed by atoms with E-state index in [2.05, 4.69) is 95.5 Å². The van der Waals surface area contributed by atoms with E-state index >= 15 is 0 Å². The molecular weight excluding hydrogens is 895 g/mol. The first kappa shape index (κ1) is 52.1. The van der Waals surface area contributed by atoms with Gasteiger partial charge in [0.1, 0.15) is 12.4 Å². The second-order valence-corrected chi connectivity index (χ2v) is 18.1. The number of rotatable bonds is 22. The van der Waals surface area contributed by atoms with Gasteiger partial charge in [0.25, 0.3) is 5.56 Å². The van der Waals surface area contributed by atoms with Crippen molar-refractivity contribution in [3.8, 4) is 17.1 Å². The maximum absolute atomic E-state index is 13.8. The van der Waals surface area contributed by atoms with Gasteiger partial charge in [0.2, 0.25) is 5.91 Å². The number of ether oxygens (including phenoxy) is 2. The highest BCUT2D eigenvalue weighted by Gasteiger charge is 2.45. The number of nitrogens with one attached hydrogen (secondary N) is 2. The molecule has 374 valence electrons. The molecule has 0 spiro atoms. The van der Waals surface area contributed by atoms with Gasteiger partial charge in [-0.3, -0.25) is 19.9 Å². The Labute approximate surface area is 417 Å². The predicted octanol–water partition coefficient (Wildman–Crippen LogP) is 9.38. The molecule has 0 aliphatic carbocycles. The summed E-state index contributed by atoms with van der Waals surface area (Å²) in [6.45, 7) is 7.32. The summed E-state index contributed by atoms with van der Waals surface area (Å²) in [6, 6.07) is 15.2. The number of fused-ring (bicyclic) bond motifs is 5. The third-order valence-corrected chi connectivity index (χ3v) is 13.1. The molecule has 7 rings (SSSR count). The molecule has 0 radical (unpaired) electrons. The normalized spacial score (nSPS) is 17.2. The lowest BCUT2D eigenvalue weighted by atomic mass is 9.86. The number of anilines is 1. The minimum Gasteiger partial charge on any atom is -0.458 e. The van der Waals surface area contributed by atoms with E-state index < -0.39 is 17.7 Å². The number of aromatic nitrogens is 2. The van der Waals surface area contributed by atoms with Crippen LogP contribution in [-0.4, -0.2) is 87.7 Å². The zero-order valence-corrected chi connectivity index (χ0v) is 41.7. The van der Waals surface area contributed by atoms with E-state index in [0.717, 1.165) is 66.3 Å². The molecule has 71 heavy (non-hydrogen) atoms. The monoisotopic (exact) mass is 964 g/mol. The van der Waals surface area contributed by atoms with Crippen molar-refractivity contribution in [2.24, 2.45) is 0 Å². The Morgan fingerprint density at radius 1 is 0.845 bits per heavy atom. The van der Waals surface area contributed by atoms with Gasteiger partial charge >= 0.3 is 12.1 Å². The van der Waals surface area contributed by atoms with Gasteiger partial charge in [-0.2, -0.15) is 0 Å². The van der Waals surface area contributed by atoms with Gasteiger partial charge in [-0.15, -0.1) is 0 Å².